The van der Waals surface area contributed by atoms with Gasteiger partial charge in [0, 0.05) is 19.5 Å². The number of halogens is 3. The lowest BCUT2D eigenvalue weighted by atomic mass is 10.2. The van der Waals surface area contributed by atoms with Gasteiger partial charge >= 0.3 is 18.2 Å². The van der Waals surface area contributed by atoms with Crippen LogP contribution in [0.25, 0.3) is 0 Å². The fraction of sp³-hybridized carbons (Fsp3) is 0.750. The molecule has 0 aromatic carbocycles. The van der Waals surface area contributed by atoms with Crippen molar-refractivity contribution in [3.8, 4) is 0 Å². The zero-order valence-electron chi connectivity index (χ0n) is 8.75. The van der Waals surface area contributed by atoms with E-state index in [0.717, 1.165) is 0 Å². The summed E-state index contributed by atoms with van der Waals surface area (Å²) in [5.41, 5.74) is 0. The van der Waals surface area contributed by atoms with Gasteiger partial charge < -0.3 is 20.8 Å². The molecule has 0 spiro atoms. The summed E-state index contributed by atoms with van der Waals surface area (Å²) < 4.78 is 35.0. The first-order valence-electron chi connectivity index (χ1n) is 4.71. The Balaban J connectivity index is 3.57. The van der Waals surface area contributed by atoms with E-state index in [0.29, 0.717) is 0 Å². The van der Waals surface area contributed by atoms with Gasteiger partial charge in [-0.2, -0.15) is 13.2 Å². The number of urea groups is 1. The number of hydrogen-bond donors (Lipinski definition) is 4. The minimum atomic E-state index is -4.34. The van der Waals surface area contributed by atoms with Gasteiger partial charge in [0.25, 0.3) is 0 Å². The summed E-state index contributed by atoms with van der Waals surface area (Å²) in [6, 6.07) is -0.841. The van der Waals surface area contributed by atoms with Crippen molar-refractivity contribution in [3.63, 3.8) is 0 Å². The van der Waals surface area contributed by atoms with Gasteiger partial charge in [-0.15, -0.1) is 0 Å². The number of carboxylic acid groups (broad SMARTS) is 1. The highest BCUT2D eigenvalue weighted by Crippen LogP contribution is 2.17. The molecule has 2 amide bonds. The average molecular weight is 258 g/mol. The molecule has 17 heavy (non-hydrogen) atoms. The minimum Gasteiger partial charge on any atom is -0.479 e. The zero-order chi connectivity index (χ0) is 13.5. The highest BCUT2D eigenvalue weighted by Gasteiger charge is 2.26. The number of alkyl halides is 3. The molecular formula is C8H13F3N2O4. The number of nitrogens with one attached hydrogen (secondary N) is 2. The van der Waals surface area contributed by atoms with E-state index >= 15 is 0 Å². The maximum atomic E-state index is 11.7. The third kappa shape index (κ3) is 9.42. The van der Waals surface area contributed by atoms with Gasteiger partial charge in [-0.3, -0.25) is 0 Å². The predicted octanol–water partition coefficient (Wildman–Crippen LogP) is 0.0736. The van der Waals surface area contributed by atoms with E-state index in [-0.39, 0.29) is 13.0 Å². The molecule has 9 heteroatoms. The topological polar surface area (TPSA) is 98.7 Å². The van der Waals surface area contributed by atoms with Crippen molar-refractivity contribution in [1.29, 1.82) is 0 Å². The summed E-state index contributed by atoms with van der Waals surface area (Å²) in [4.78, 5) is 21.0. The molecule has 0 rings (SSSR count). The Morgan fingerprint density at radius 1 is 1.18 bits per heavy atom. The molecule has 1 unspecified atom stereocenters. The fourth-order valence-electron chi connectivity index (χ4n) is 0.826. The summed E-state index contributed by atoms with van der Waals surface area (Å²) >= 11 is 0. The van der Waals surface area contributed by atoms with Gasteiger partial charge in [0.05, 0.1) is 6.42 Å². The Bertz CT molecular complexity index is 270. The third-order valence-corrected chi connectivity index (χ3v) is 1.68. The van der Waals surface area contributed by atoms with Crippen molar-refractivity contribution in [2.24, 2.45) is 0 Å². The Labute approximate surface area is 94.8 Å². The molecule has 0 saturated carbocycles. The second-order valence-corrected chi connectivity index (χ2v) is 3.19. The van der Waals surface area contributed by atoms with Crippen LogP contribution >= 0.6 is 0 Å². The lowest BCUT2D eigenvalue weighted by Gasteiger charge is -2.10. The fourth-order valence-corrected chi connectivity index (χ4v) is 0.826. The van der Waals surface area contributed by atoms with Crippen LogP contribution in [0.4, 0.5) is 18.0 Å². The number of carbonyl (C=O) groups excluding carboxylic acids is 1. The number of carboxylic acids is 1. The van der Waals surface area contributed by atoms with Crippen LogP contribution in [0.3, 0.4) is 0 Å². The second-order valence-electron chi connectivity index (χ2n) is 3.19. The average Bonchev–Trinajstić information content (AvgIpc) is 2.15. The van der Waals surface area contributed by atoms with E-state index in [9.17, 15) is 22.8 Å². The second kappa shape index (κ2) is 6.94. The largest absolute Gasteiger partial charge is 0.479 e. The molecule has 0 aromatic heterocycles. The van der Waals surface area contributed by atoms with Crippen molar-refractivity contribution in [2.45, 2.75) is 25.1 Å². The minimum absolute atomic E-state index is 0.148. The van der Waals surface area contributed by atoms with Gasteiger partial charge in [0.1, 0.15) is 0 Å². The Morgan fingerprint density at radius 2 is 1.71 bits per heavy atom. The van der Waals surface area contributed by atoms with Crippen LogP contribution in [-0.2, 0) is 4.79 Å². The standard InChI is InChI=1S/C8H13F3N2O4/c9-8(10,11)2-4-13-7(17)12-3-1-5(14)6(15)16/h5,14H,1-4H2,(H,15,16)(H2,12,13,17). The summed E-state index contributed by atoms with van der Waals surface area (Å²) in [6.45, 7) is -0.706. The van der Waals surface area contributed by atoms with Gasteiger partial charge in [0.15, 0.2) is 6.10 Å². The molecule has 0 fully saturated rings. The monoisotopic (exact) mass is 258 g/mol. The molecule has 0 radical (unpaired) electrons. The summed E-state index contributed by atoms with van der Waals surface area (Å²) in [5, 5.41) is 21.1. The first-order chi connectivity index (χ1) is 7.72. The normalized spacial score (nSPS) is 12.9. The maximum Gasteiger partial charge on any atom is 0.390 e. The summed E-state index contributed by atoms with van der Waals surface area (Å²) in [6.07, 6.45) is -7.31. The van der Waals surface area contributed by atoms with Gasteiger partial charge in [0.2, 0.25) is 0 Å². The number of carbonyl (C=O) groups is 2. The van der Waals surface area contributed by atoms with Crippen LogP contribution in [0, 0.1) is 0 Å². The smallest absolute Gasteiger partial charge is 0.390 e. The molecule has 0 aliphatic rings. The molecule has 0 bridgehead atoms. The number of rotatable bonds is 6. The van der Waals surface area contributed by atoms with E-state index < -0.39 is 37.2 Å². The van der Waals surface area contributed by atoms with Gasteiger partial charge in [-0.1, -0.05) is 0 Å². The van der Waals surface area contributed by atoms with Crippen molar-refractivity contribution in [3.05, 3.63) is 0 Å². The molecule has 1 atom stereocenters. The van der Waals surface area contributed by atoms with Crippen LogP contribution < -0.4 is 10.6 Å². The maximum absolute atomic E-state index is 11.7. The third-order valence-electron chi connectivity index (χ3n) is 1.68. The lowest BCUT2D eigenvalue weighted by molar-refractivity contribution is -0.146. The van der Waals surface area contributed by atoms with Crippen LogP contribution in [0.1, 0.15) is 12.8 Å². The summed E-state index contributed by atoms with van der Waals surface area (Å²) in [5.74, 6) is -1.43. The number of aliphatic carboxylic acids is 1. The van der Waals surface area contributed by atoms with E-state index in [2.05, 4.69) is 5.32 Å². The number of aliphatic hydroxyl groups excluding tert-OH is 1. The Hall–Kier alpha value is -1.51. The molecule has 100 valence electrons. The predicted molar refractivity (Wildman–Crippen MR) is 50.3 cm³/mol. The van der Waals surface area contributed by atoms with Gasteiger partial charge in [-0.25, -0.2) is 9.59 Å². The highest BCUT2D eigenvalue weighted by molar-refractivity contribution is 5.74. The first kappa shape index (κ1) is 15.5. The van der Waals surface area contributed by atoms with Crippen molar-refractivity contribution < 1.29 is 33.0 Å². The Morgan fingerprint density at radius 3 is 2.18 bits per heavy atom. The molecule has 0 aromatic rings. The molecule has 0 heterocycles. The van der Waals surface area contributed by atoms with E-state index in [1.54, 1.807) is 0 Å². The van der Waals surface area contributed by atoms with Crippen molar-refractivity contribution >= 4 is 12.0 Å². The van der Waals surface area contributed by atoms with Crippen LogP contribution in [0.2, 0.25) is 0 Å². The first-order valence-corrected chi connectivity index (χ1v) is 4.71. The highest BCUT2D eigenvalue weighted by atomic mass is 19.4. The van der Waals surface area contributed by atoms with Gasteiger partial charge in [-0.05, 0) is 0 Å². The molecule has 0 aliphatic heterocycles. The molecule has 4 N–H and O–H groups in total. The van der Waals surface area contributed by atoms with Crippen LogP contribution in [-0.4, -0.2) is 47.6 Å². The van der Waals surface area contributed by atoms with Crippen LogP contribution in [0.5, 0.6) is 0 Å². The van der Waals surface area contributed by atoms with E-state index in [1.807, 2.05) is 5.32 Å². The quantitative estimate of drug-likeness (QED) is 0.542. The number of hydrogen-bond acceptors (Lipinski definition) is 3. The molecule has 6 nitrogen and oxygen atoms in total. The molecule has 0 saturated heterocycles. The lowest BCUT2D eigenvalue weighted by Crippen LogP contribution is -2.39. The zero-order valence-corrected chi connectivity index (χ0v) is 8.75. The van der Waals surface area contributed by atoms with Crippen LogP contribution in [0.15, 0.2) is 0 Å². The molecule has 0 aliphatic carbocycles. The van der Waals surface area contributed by atoms with Crippen molar-refractivity contribution in [2.75, 3.05) is 13.1 Å². The Kier molecular flexibility index (Phi) is 6.33. The SMILES string of the molecule is O=C(NCCC(O)C(=O)O)NCCC(F)(F)F. The van der Waals surface area contributed by atoms with E-state index in [4.69, 9.17) is 10.2 Å². The van der Waals surface area contributed by atoms with E-state index in [1.165, 1.54) is 0 Å². The number of amides is 2. The molecular weight excluding hydrogens is 245 g/mol. The number of aliphatic hydroxyl groups is 1. The summed E-state index contributed by atoms with van der Waals surface area (Å²) in [7, 11) is 0. The van der Waals surface area contributed by atoms with Crippen molar-refractivity contribution in [1.82, 2.24) is 10.6 Å².